The molecule has 4 rings (SSSR count). The first-order chi connectivity index (χ1) is 14.3. The summed E-state index contributed by atoms with van der Waals surface area (Å²) in [6.07, 6.45) is 0. The number of fused-ring (bicyclic) bond motifs is 3. The second-order valence-electron chi connectivity index (χ2n) is 7.71. The number of aryl methyl sites for hydroxylation is 4. The Labute approximate surface area is 174 Å². The highest BCUT2D eigenvalue weighted by Crippen LogP contribution is 2.26. The van der Waals surface area contributed by atoms with Crippen LogP contribution in [0.15, 0.2) is 27.8 Å². The van der Waals surface area contributed by atoms with Crippen molar-refractivity contribution < 1.29 is 4.74 Å². The maximum absolute atomic E-state index is 13.3. The van der Waals surface area contributed by atoms with Gasteiger partial charge in [0.05, 0.1) is 18.8 Å². The summed E-state index contributed by atoms with van der Waals surface area (Å²) in [6, 6.07) is 6.25. The summed E-state index contributed by atoms with van der Waals surface area (Å²) in [5, 5.41) is 0. The van der Waals surface area contributed by atoms with Gasteiger partial charge < -0.3 is 4.74 Å². The molecule has 0 aliphatic heterocycles. The van der Waals surface area contributed by atoms with E-state index in [2.05, 4.69) is 36.6 Å². The SMILES string of the molecule is CCOCCn1c(=O)c2c(nc3n(-c4ccc(C)cc4C)c(C)c(C)n23)n(C)c1=O. The fourth-order valence-electron chi connectivity index (χ4n) is 4.09. The Kier molecular flexibility index (Phi) is 4.89. The minimum absolute atomic E-state index is 0.207. The lowest BCUT2D eigenvalue weighted by Gasteiger charge is -2.11. The predicted octanol–water partition coefficient (Wildman–Crippen LogP) is 2.41. The Morgan fingerprint density at radius 3 is 2.47 bits per heavy atom. The summed E-state index contributed by atoms with van der Waals surface area (Å²) < 4.78 is 12.0. The maximum atomic E-state index is 13.3. The fourth-order valence-corrected chi connectivity index (χ4v) is 4.09. The molecule has 1 aromatic carbocycles. The molecule has 0 N–H and O–H groups in total. The summed E-state index contributed by atoms with van der Waals surface area (Å²) in [5.74, 6) is 0.626. The second-order valence-corrected chi connectivity index (χ2v) is 7.71. The topological polar surface area (TPSA) is 75.5 Å². The summed E-state index contributed by atoms with van der Waals surface area (Å²) in [6.45, 7) is 11.0. The van der Waals surface area contributed by atoms with E-state index < -0.39 is 0 Å². The number of benzene rings is 1. The van der Waals surface area contributed by atoms with Gasteiger partial charge in [-0.3, -0.25) is 22.9 Å². The van der Waals surface area contributed by atoms with Gasteiger partial charge in [0.2, 0.25) is 5.78 Å². The van der Waals surface area contributed by atoms with Crippen molar-refractivity contribution in [2.24, 2.45) is 7.05 Å². The number of imidazole rings is 2. The lowest BCUT2D eigenvalue weighted by atomic mass is 10.1. The van der Waals surface area contributed by atoms with Crippen LogP contribution in [-0.2, 0) is 18.3 Å². The molecule has 4 aromatic rings. The van der Waals surface area contributed by atoms with Gasteiger partial charge in [-0.25, -0.2) is 4.79 Å². The van der Waals surface area contributed by atoms with Crippen LogP contribution >= 0.6 is 0 Å². The standard InChI is InChI=1S/C22H27N5O3/c1-7-30-11-10-25-20(28)18-19(24(6)22(25)29)23-21-26(15(4)16(5)27(18)21)17-9-8-13(2)12-14(17)3/h8-9,12H,7,10-11H2,1-6H3. The lowest BCUT2D eigenvalue weighted by molar-refractivity contribution is 0.137. The molecule has 0 saturated heterocycles. The first-order valence-electron chi connectivity index (χ1n) is 10.1. The third kappa shape index (κ3) is 2.82. The van der Waals surface area contributed by atoms with Crippen molar-refractivity contribution in [3.8, 4) is 5.69 Å². The van der Waals surface area contributed by atoms with Gasteiger partial charge in [-0.1, -0.05) is 17.7 Å². The van der Waals surface area contributed by atoms with Crippen LogP contribution in [0.1, 0.15) is 29.4 Å². The van der Waals surface area contributed by atoms with Crippen LogP contribution in [0.5, 0.6) is 0 Å². The van der Waals surface area contributed by atoms with Gasteiger partial charge in [0, 0.05) is 25.0 Å². The van der Waals surface area contributed by atoms with Crippen LogP contribution in [-0.4, -0.2) is 36.3 Å². The molecule has 0 fully saturated rings. The van der Waals surface area contributed by atoms with Crippen molar-refractivity contribution in [3.05, 3.63) is 61.6 Å². The largest absolute Gasteiger partial charge is 0.380 e. The molecule has 0 aliphatic rings. The molecule has 0 spiro atoms. The van der Waals surface area contributed by atoms with Crippen LogP contribution < -0.4 is 11.2 Å². The molecule has 8 heteroatoms. The number of nitrogens with zero attached hydrogens (tertiary/aromatic N) is 5. The lowest BCUT2D eigenvalue weighted by Crippen LogP contribution is -2.40. The van der Waals surface area contributed by atoms with E-state index in [-0.39, 0.29) is 17.8 Å². The van der Waals surface area contributed by atoms with Gasteiger partial charge in [0.1, 0.15) is 0 Å². The zero-order valence-electron chi connectivity index (χ0n) is 18.3. The maximum Gasteiger partial charge on any atom is 0.332 e. The number of rotatable bonds is 5. The fraction of sp³-hybridized carbons (Fsp3) is 0.409. The van der Waals surface area contributed by atoms with Crippen LogP contribution in [0.2, 0.25) is 0 Å². The van der Waals surface area contributed by atoms with Gasteiger partial charge in [0.25, 0.3) is 5.56 Å². The predicted molar refractivity (Wildman–Crippen MR) is 117 cm³/mol. The Bertz CT molecular complexity index is 1400. The van der Waals surface area contributed by atoms with Gasteiger partial charge in [-0.15, -0.1) is 0 Å². The molecule has 3 heterocycles. The molecule has 0 amide bonds. The molecule has 3 aromatic heterocycles. The molecular weight excluding hydrogens is 382 g/mol. The van der Waals surface area contributed by atoms with E-state index in [1.165, 1.54) is 14.7 Å². The zero-order chi connectivity index (χ0) is 21.7. The van der Waals surface area contributed by atoms with Crippen molar-refractivity contribution in [3.63, 3.8) is 0 Å². The van der Waals surface area contributed by atoms with Gasteiger partial charge in [-0.05, 0) is 46.2 Å². The minimum Gasteiger partial charge on any atom is -0.380 e. The average Bonchev–Trinajstić information content (AvgIpc) is 3.20. The van der Waals surface area contributed by atoms with E-state index in [0.717, 1.165) is 22.6 Å². The first kappa shape index (κ1) is 20.2. The number of hydrogen-bond acceptors (Lipinski definition) is 4. The highest BCUT2D eigenvalue weighted by atomic mass is 16.5. The smallest absolute Gasteiger partial charge is 0.332 e. The van der Waals surface area contributed by atoms with Crippen LogP contribution in [0.4, 0.5) is 0 Å². The third-order valence-corrected chi connectivity index (χ3v) is 5.78. The van der Waals surface area contributed by atoms with E-state index in [4.69, 9.17) is 9.72 Å². The molecule has 0 unspecified atom stereocenters. The average molecular weight is 409 g/mol. The molecule has 0 bridgehead atoms. The van der Waals surface area contributed by atoms with E-state index >= 15 is 0 Å². The molecule has 0 atom stereocenters. The van der Waals surface area contributed by atoms with Gasteiger partial charge in [0.15, 0.2) is 11.2 Å². The summed E-state index contributed by atoms with van der Waals surface area (Å²) in [7, 11) is 1.65. The van der Waals surface area contributed by atoms with Crippen molar-refractivity contribution in [1.82, 2.24) is 23.1 Å². The summed E-state index contributed by atoms with van der Waals surface area (Å²) >= 11 is 0. The van der Waals surface area contributed by atoms with Crippen molar-refractivity contribution in [2.45, 2.75) is 41.2 Å². The minimum atomic E-state index is -0.389. The molecule has 158 valence electrons. The Morgan fingerprint density at radius 1 is 1.07 bits per heavy atom. The first-order valence-corrected chi connectivity index (χ1v) is 10.1. The summed E-state index contributed by atoms with van der Waals surface area (Å²) in [4.78, 5) is 30.9. The van der Waals surface area contributed by atoms with Crippen molar-refractivity contribution >= 4 is 16.9 Å². The monoisotopic (exact) mass is 409 g/mol. The Balaban J connectivity index is 2.09. The third-order valence-electron chi connectivity index (χ3n) is 5.78. The van der Waals surface area contributed by atoms with E-state index in [0.29, 0.717) is 30.2 Å². The quantitative estimate of drug-likeness (QED) is 0.475. The Morgan fingerprint density at radius 2 is 1.80 bits per heavy atom. The second kappa shape index (κ2) is 7.28. The van der Waals surface area contributed by atoms with Gasteiger partial charge in [-0.2, -0.15) is 4.98 Å². The molecule has 0 radical (unpaired) electrons. The molecule has 8 nitrogen and oxygen atoms in total. The van der Waals surface area contributed by atoms with Crippen LogP contribution in [0, 0.1) is 27.7 Å². The Hall–Kier alpha value is -3.13. The van der Waals surface area contributed by atoms with E-state index in [1.54, 1.807) is 7.05 Å². The summed E-state index contributed by atoms with van der Waals surface area (Å²) in [5.41, 5.74) is 5.28. The highest BCUT2D eigenvalue weighted by Gasteiger charge is 2.23. The van der Waals surface area contributed by atoms with E-state index in [9.17, 15) is 9.59 Å². The van der Waals surface area contributed by atoms with Crippen molar-refractivity contribution in [1.29, 1.82) is 0 Å². The number of aromatic nitrogens is 5. The normalized spacial score (nSPS) is 11.8. The molecule has 30 heavy (non-hydrogen) atoms. The van der Waals surface area contributed by atoms with E-state index in [1.807, 2.05) is 25.2 Å². The number of ether oxygens (including phenoxy) is 1. The van der Waals surface area contributed by atoms with Crippen molar-refractivity contribution in [2.75, 3.05) is 13.2 Å². The highest BCUT2D eigenvalue weighted by molar-refractivity contribution is 5.77. The van der Waals surface area contributed by atoms with Gasteiger partial charge >= 0.3 is 5.69 Å². The number of hydrogen-bond donors (Lipinski definition) is 0. The molecule has 0 saturated carbocycles. The zero-order valence-corrected chi connectivity index (χ0v) is 18.3. The van der Waals surface area contributed by atoms with Crippen LogP contribution in [0.25, 0.3) is 22.6 Å². The molecular formula is C22H27N5O3. The molecule has 0 aliphatic carbocycles. The van der Waals surface area contributed by atoms with Crippen LogP contribution in [0.3, 0.4) is 0 Å².